The number of nitrogen functional groups attached to an aromatic ring is 1. The summed E-state index contributed by atoms with van der Waals surface area (Å²) in [6, 6.07) is 2.93. The van der Waals surface area contributed by atoms with Crippen molar-refractivity contribution in [2.45, 2.75) is 6.43 Å². The molecule has 0 amide bonds. The van der Waals surface area contributed by atoms with Gasteiger partial charge in [0.1, 0.15) is 5.82 Å². The maximum Gasteiger partial charge on any atom is 0.267 e. The minimum Gasteiger partial charge on any atom is -0.493 e. The van der Waals surface area contributed by atoms with Crippen LogP contribution in [0.4, 0.5) is 14.6 Å². The smallest absolute Gasteiger partial charge is 0.267 e. The van der Waals surface area contributed by atoms with Gasteiger partial charge in [-0.2, -0.15) is 5.10 Å². The summed E-state index contributed by atoms with van der Waals surface area (Å²) < 4.78 is 37.9. The number of aryl methyl sites for hydroxylation is 1. The second-order valence-electron chi connectivity index (χ2n) is 4.17. The van der Waals surface area contributed by atoms with Gasteiger partial charge in [0.05, 0.1) is 26.0 Å². The summed E-state index contributed by atoms with van der Waals surface area (Å²) in [7, 11) is 4.39. The second-order valence-corrected chi connectivity index (χ2v) is 4.17. The molecule has 2 rings (SSSR count). The highest BCUT2D eigenvalue weighted by atomic mass is 19.3. The summed E-state index contributed by atoms with van der Waals surface area (Å²) in [5, 5.41) is 4.00. The Labute approximate surface area is 114 Å². The summed E-state index contributed by atoms with van der Waals surface area (Å²) in [5.41, 5.74) is 6.69. The first-order valence-electron chi connectivity index (χ1n) is 5.81. The largest absolute Gasteiger partial charge is 0.493 e. The SMILES string of the molecule is COc1cc(-c2cnn(C)c2N)cc(C(F)F)c1OC. The van der Waals surface area contributed by atoms with Gasteiger partial charge >= 0.3 is 0 Å². The number of methoxy groups -OCH3 is 2. The predicted molar refractivity (Wildman–Crippen MR) is 71.1 cm³/mol. The fourth-order valence-electron chi connectivity index (χ4n) is 1.98. The summed E-state index contributed by atoms with van der Waals surface area (Å²) in [4.78, 5) is 0. The molecule has 0 fully saturated rings. The number of hydrogen-bond acceptors (Lipinski definition) is 4. The lowest BCUT2D eigenvalue weighted by Crippen LogP contribution is -2.00. The van der Waals surface area contributed by atoms with Gasteiger partial charge < -0.3 is 15.2 Å². The van der Waals surface area contributed by atoms with Crippen molar-refractivity contribution in [2.24, 2.45) is 7.05 Å². The van der Waals surface area contributed by atoms with Crippen molar-refractivity contribution in [2.75, 3.05) is 20.0 Å². The molecule has 0 bridgehead atoms. The molecule has 0 aliphatic heterocycles. The molecule has 1 aromatic carbocycles. The molecule has 0 saturated heterocycles. The average molecular weight is 283 g/mol. The van der Waals surface area contributed by atoms with E-state index in [4.69, 9.17) is 15.2 Å². The highest BCUT2D eigenvalue weighted by Crippen LogP contribution is 2.41. The van der Waals surface area contributed by atoms with Crippen molar-refractivity contribution in [3.05, 3.63) is 23.9 Å². The highest BCUT2D eigenvalue weighted by Gasteiger charge is 2.21. The molecular weight excluding hydrogens is 268 g/mol. The molecule has 5 nitrogen and oxygen atoms in total. The quantitative estimate of drug-likeness (QED) is 0.937. The van der Waals surface area contributed by atoms with E-state index >= 15 is 0 Å². The van der Waals surface area contributed by atoms with Crippen LogP contribution in [-0.2, 0) is 7.05 Å². The third-order valence-electron chi connectivity index (χ3n) is 3.04. The van der Waals surface area contributed by atoms with Gasteiger partial charge in [-0.1, -0.05) is 0 Å². The van der Waals surface area contributed by atoms with Gasteiger partial charge in [0.15, 0.2) is 11.5 Å². The van der Waals surface area contributed by atoms with E-state index in [1.54, 1.807) is 13.1 Å². The number of hydrogen-bond donors (Lipinski definition) is 1. The zero-order valence-electron chi connectivity index (χ0n) is 11.4. The van der Waals surface area contributed by atoms with Gasteiger partial charge in [0.25, 0.3) is 6.43 Å². The lowest BCUT2D eigenvalue weighted by molar-refractivity contribution is 0.146. The number of nitrogens with two attached hydrogens (primary N) is 1. The van der Waals surface area contributed by atoms with E-state index in [9.17, 15) is 8.78 Å². The van der Waals surface area contributed by atoms with Gasteiger partial charge in [-0.05, 0) is 17.7 Å². The summed E-state index contributed by atoms with van der Waals surface area (Å²) >= 11 is 0. The number of halogens is 2. The molecule has 2 aromatic rings. The van der Waals surface area contributed by atoms with Crippen LogP contribution in [0.1, 0.15) is 12.0 Å². The fourth-order valence-corrected chi connectivity index (χ4v) is 1.98. The molecule has 0 saturated carbocycles. The van der Waals surface area contributed by atoms with E-state index in [1.807, 2.05) is 0 Å². The number of nitrogens with zero attached hydrogens (tertiary/aromatic N) is 2. The van der Waals surface area contributed by atoms with Crippen molar-refractivity contribution in [1.82, 2.24) is 9.78 Å². The summed E-state index contributed by atoms with van der Waals surface area (Å²) in [6.45, 7) is 0. The molecule has 108 valence electrons. The van der Waals surface area contributed by atoms with Crippen molar-refractivity contribution < 1.29 is 18.3 Å². The van der Waals surface area contributed by atoms with Gasteiger partial charge in [0.2, 0.25) is 0 Å². The molecule has 0 radical (unpaired) electrons. The first-order valence-corrected chi connectivity index (χ1v) is 5.81. The van der Waals surface area contributed by atoms with Gasteiger partial charge in [0, 0.05) is 12.6 Å². The first-order chi connectivity index (χ1) is 9.49. The Bertz CT molecular complexity index is 626. The maximum atomic E-state index is 13.1. The fraction of sp³-hybridized carbons (Fsp3) is 0.308. The predicted octanol–water partition coefficient (Wildman–Crippen LogP) is 2.62. The Kier molecular flexibility index (Phi) is 3.78. The molecule has 0 unspecified atom stereocenters. The van der Waals surface area contributed by atoms with Crippen LogP contribution >= 0.6 is 0 Å². The lowest BCUT2D eigenvalue weighted by Gasteiger charge is -2.14. The topological polar surface area (TPSA) is 62.3 Å². The molecule has 7 heteroatoms. The van der Waals surface area contributed by atoms with Crippen LogP contribution in [0.5, 0.6) is 11.5 Å². The van der Waals surface area contributed by atoms with Gasteiger partial charge in [-0.15, -0.1) is 0 Å². The minimum absolute atomic E-state index is 0.0220. The minimum atomic E-state index is -2.68. The zero-order valence-corrected chi connectivity index (χ0v) is 11.4. The van der Waals surface area contributed by atoms with Crippen molar-refractivity contribution in [3.63, 3.8) is 0 Å². The van der Waals surface area contributed by atoms with Crippen molar-refractivity contribution in [1.29, 1.82) is 0 Å². The van der Waals surface area contributed by atoms with E-state index in [-0.39, 0.29) is 17.1 Å². The molecule has 2 N–H and O–H groups in total. The van der Waals surface area contributed by atoms with Crippen LogP contribution in [0.2, 0.25) is 0 Å². The second kappa shape index (κ2) is 5.36. The third kappa shape index (κ3) is 2.26. The van der Waals surface area contributed by atoms with E-state index in [0.29, 0.717) is 16.9 Å². The lowest BCUT2D eigenvalue weighted by atomic mass is 10.0. The monoisotopic (exact) mass is 283 g/mol. The van der Waals surface area contributed by atoms with Gasteiger partial charge in [-0.3, -0.25) is 4.68 Å². The van der Waals surface area contributed by atoms with Crippen LogP contribution < -0.4 is 15.2 Å². The number of alkyl halides is 2. The van der Waals surface area contributed by atoms with Crippen LogP contribution in [0.25, 0.3) is 11.1 Å². The van der Waals surface area contributed by atoms with Crippen LogP contribution in [0.3, 0.4) is 0 Å². The molecule has 0 aliphatic carbocycles. The highest BCUT2D eigenvalue weighted by molar-refractivity contribution is 5.76. The van der Waals surface area contributed by atoms with Crippen LogP contribution in [0, 0.1) is 0 Å². The molecule has 20 heavy (non-hydrogen) atoms. The van der Waals surface area contributed by atoms with Gasteiger partial charge in [-0.25, -0.2) is 8.78 Å². The normalized spacial score (nSPS) is 10.9. The molecule has 1 heterocycles. The first kappa shape index (κ1) is 14.1. The molecule has 0 spiro atoms. The summed E-state index contributed by atoms with van der Waals surface area (Å²) in [6.07, 6.45) is -1.16. The van der Waals surface area contributed by atoms with Crippen molar-refractivity contribution in [3.8, 4) is 22.6 Å². The Balaban J connectivity index is 2.66. The Morgan fingerprint density at radius 3 is 2.40 bits per heavy atom. The zero-order chi connectivity index (χ0) is 14.9. The number of benzene rings is 1. The summed E-state index contributed by atoms with van der Waals surface area (Å²) in [5.74, 6) is 0.634. The number of ether oxygens (including phenoxy) is 2. The Morgan fingerprint density at radius 1 is 1.25 bits per heavy atom. The van der Waals surface area contributed by atoms with Crippen LogP contribution in [0.15, 0.2) is 18.3 Å². The van der Waals surface area contributed by atoms with E-state index < -0.39 is 6.43 Å². The standard InChI is InChI=1S/C13H15F2N3O2/c1-18-13(16)9(6-17-18)7-4-8(12(14)15)11(20-3)10(5-7)19-2/h4-6,12H,16H2,1-3H3. The van der Waals surface area contributed by atoms with E-state index in [1.165, 1.54) is 31.2 Å². The number of anilines is 1. The van der Waals surface area contributed by atoms with E-state index in [2.05, 4.69) is 5.10 Å². The Morgan fingerprint density at radius 2 is 1.95 bits per heavy atom. The molecule has 0 atom stereocenters. The number of aromatic nitrogens is 2. The third-order valence-corrected chi connectivity index (χ3v) is 3.04. The molecule has 0 aliphatic rings. The maximum absolute atomic E-state index is 13.1. The van der Waals surface area contributed by atoms with E-state index in [0.717, 1.165) is 0 Å². The number of rotatable bonds is 4. The molecular formula is C13H15F2N3O2. The van der Waals surface area contributed by atoms with Crippen LogP contribution in [-0.4, -0.2) is 24.0 Å². The Hall–Kier alpha value is -2.31. The average Bonchev–Trinajstić information content (AvgIpc) is 2.77. The molecule has 1 aromatic heterocycles. The van der Waals surface area contributed by atoms with Crippen molar-refractivity contribution >= 4 is 5.82 Å².